The smallest absolute Gasteiger partial charge is 0.317 e. The number of amides is 2. The number of urea groups is 1. The van der Waals surface area contributed by atoms with Crippen molar-refractivity contribution in [1.29, 1.82) is 0 Å². The predicted molar refractivity (Wildman–Crippen MR) is 117 cm³/mol. The normalized spacial score (nSPS) is 11.6. The van der Waals surface area contributed by atoms with Gasteiger partial charge in [-0.15, -0.1) is 0 Å². The van der Waals surface area contributed by atoms with Crippen LogP contribution in [0.4, 0.5) is 4.79 Å². The molecule has 158 valence electrons. The van der Waals surface area contributed by atoms with Gasteiger partial charge >= 0.3 is 6.03 Å². The molecule has 6 nitrogen and oxygen atoms in total. The number of hydrogen-bond donors (Lipinski definition) is 1. The summed E-state index contributed by atoms with van der Waals surface area (Å²) in [6.07, 6.45) is 0. The minimum absolute atomic E-state index is 0.0944. The van der Waals surface area contributed by atoms with Gasteiger partial charge in [0.1, 0.15) is 0 Å². The summed E-state index contributed by atoms with van der Waals surface area (Å²) >= 11 is 0. The Morgan fingerprint density at radius 3 is 2.14 bits per heavy atom. The molecule has 0 aliphatic carbocycles. The zero-order valence-corrected chi connectivity index (χ0v) is 18.2. The molecule has 2 rings (SSSR count). The van der Waals surface area contributed by atoms with Crippen LogP contribution < -0.4 is 5.32 Å². The SMILES string of the molecule is CC(C)N(CCS(=O)(=O)c1ccccc1)C(=O)NCCN(C)Cc1ccccc1. The minimum atomic E-state index is -3.42. The lowest BCUT2D eigenvalue weighted by molar-refractivity contribution is 0.185. The van der Waals surface area contributed by atoms with Gasteiger partial charge in [0, 0.05) is 32.2 Å². The van der Waals surface area contributed by atoms with E-state index in [9.17, 15) is 13.2 Å². The van der Waals surface area contributed by atoms with E-state index in [2.05, 4.69) is 22.3 Å². The lowest BCUT2D eigenvalue weighted by Gasteiger charge is -2.27. The van der Waals surface area contributed by atoms with Crippen molar-refractivity contribution in [3.05, 3.63) is 66.2 Å². The van der Waals surface area contributed by atoms with Crippen molar-refractivity contribution in [2.45, 2.75) is 31.3 Å². The molecule has 2 aromatic rings. The maximum Gasteiger partial charge on any atom is 0.317 e. The zero-order valence-electron chi connectivity index (χ0n) is 17.4. The van der Waals surface area contributed by atoms with Gasteiger partial charge in [-0.3, -0.25) is 0 Å². The quantitative estimate of drug-likeness (QED) is 0.645. The van der Waals surface area contributed by atoms with E-state index in [1.54, 1.807) is 35.2 Å². The van der Waals surface area contributed by atoms with Gasteiger partial charge in [0.15, 0.2) is 9.84 Å². The number of nitrogens with one attached hydrogen (secondary N) is 1. The summed E-state index contributed by atoms with van der Waals surface area (Å²) in [5.41, 5.74) is 1.22. The largest absolute Gasteiger partial charge is 0.337 e. The van der Waals surface area contributed by atoms with Crippen LogP contribution in [0.1, 0.15) is 19.4 Å². The van der Waals surface area contributed by atoms with Gasteiger partial charge in [0.05, 0.1) is 10.6 Å². The number of hydrogen-bond acceptors (Lipinski definition) is 4. The fourth-order valence-electron chi connectivity index (χ4n) is 2.99. The average Bonchev–Trinajstić information content (AvgIpc) is 2.69. The molecule has 29 heavy (non-hydrogen) atoms. The predicted octanol–water partition coefficient (Wildman–Crippen LogP) is 3.01. The molecule has 0 aliphatic heterocycles. The van der Waals surface area contributed by atoms with E-state index in [0.29, 0.717) is 13.1 Å². The molecule has 0 fully saturated rings. The standard InChI is InChI=1S/C22H31N3O3S/c1-19(2)25(16-17-29(27,28)21-12-8-5-9-13-21)22(26)23-14-15-24(3)18-20-10-6-4-7-11-20/h4-13,19H,14-18H2,1-3H3,(H,23,26). The second-order valence-electron chi connectivity index (χ2n) is 7.37. The highest BCUT2D eigenvalue weighted by Gasteiger charge is 2.21. The van der Waals surface area contributed by atoms with Crippen molar-refractivity contribution in [2.75, 3.05) is 32.4 Å². The highest BCUT2D eigenvalue weighted by atomic mass is 32.2. The topological polar surface area (TPSA) is 69.7 Å². The van der Waals surface area contributed by atoms with Gasteiger partial charge in [0.25, 0.3) is 0 Å². The Hall–Kier alpha value is -2.38. The number of benzene rings is 2. The number of carbonyl (C=O) groups excluding carboxylic acids is 1. The molecule has 1 N–H and O–H groups in total. The van der Waals surface area contributed by atoms with E-state index in [0.717, 1.165) is 6.54 Å². The van der Waals surface area contributed by atoms with E-state index in [-0.39, 0.29) is 29.3 Å². The average molecular weight is 418 g/mol. The molecule has 0 heterocycles. The molecule has 0 bridgehead atoms. The molecule has 0 saturated heterocycles. The maximum absolute atomic E-state index is 12.6. The third-order valence-corrected chi connectivity index (χ3v) is 6.36. The highest BCUT2D eigenvalue weighted by Crippen LogP contribution is 2.11. The molecule has 0 aromatic heterocycles. The molecular formula is C22H31N3O3S. The summed E-state index contributed by atoms with van der Waals surface area (Å²) in [6.45, 7) is 5.93. The zero-order chi connectivity index (χ0) is 21.3. The number of likely N-dealkylation sites (N-methyl/N-ethyl adjacent to an activating group) is 1. The van der Waals surface area contributed by atoms with E-state index in [1.807, 2.05) is 39.1 Å². The summed E-state index contributed by atoms with van der Waals surface area (Å²) in [7, 11) is -1.42. The lowest BCUT2D eigenvalue weighted by atomic mass is 10.2. The summed E-state index contributed by atoms with van der Waals surface area (Å²) in [6, 6.07) is 18.2. The van der Waals surface area contributed by atoms with Crippen molar-refractivity contribution >= 4 is 15.9 Å². The van der Waals surface area contributed by atoms with Crippen LogP contribution >= 0.6 is 0 Å². The van der Waals surface area contributed by atoms with Crippen LogP contribution in [-0.4, -0.2) is 62.7 Å². The lowest BCUT2D eigenvalue weighted by Crippen LogP contribution is -2.47. The summed E-state index contributed by atoms with van der Waals surface area (Å²) in [4.78, 5) is 16.6. The molecule has 7 heteroatoms. The fourth-order valence-corrected chi connectivity index (χ4v) is 4.23. The molecule has 0 aliphatic rings. The first-order valence-electron chi connectivity index (χ1n) is 9.84. The van der Waals surface area contributed by atoms with Gasteiger partial charge in [-0.1, -0.05) is 48.5 Å². The molecule has 0 unspecified atom stereocenters. The second-order valence-corrected chi connectivity index (χ2v) is 9.48. The Morgan fingerprint density at radius 1 is 0.966 bits per heavy atom. The Labute approximate surface area is 174 Å². The first kappa shape index (κ1) is 22.9. The Bertz CT molecular complexity index is 855. The fraction of sp³-hybridized carbons (Fsp3) is 0.409. The number of rotatable bonds is 10. The Morgan fingerprint density at radius 2 is 1.55 bits per heavy atom. The summed E-state index contributed by atoms with van der Waals surface area (Å²) in [5.74, 6) is -0.101. The molecular weight excluding hydrogens is 386 g/mol. The third-order valence-electron chi connectivity index (χ3n) is 4.65. The van der Waals surface area contributed by atoms with Crippen LogP contribution in [0.2, 0.25) is 0 Å². The van der Waals surface area contributed by atoms with Gasteiger partial charge in [-0.25, -0.2) is 13.2 Å². The Kier molecular flexibility index (Phi) is 8.67. The van der Waals surface area contributed by atoms with Crippen LogP contribution in [0.15, 0.2) is 65.6 Å². The molecule has 2 aromatic carbocycles. The third kappa shape index (κ3) is 7.51. The van der Waals surface area contributed by atoms with Crippen LogP contribution in [0, 0.1) is 0 Å². The van der Waals surface area contributed by atoms with Gasteiger partial charge in [0.2, 0.25) is 0 Å². The second kappa shape index (κ2) is 11.0. The number of nitrogens with zero attached hydrogens (tertiary/aromatic N) is 2. The molecule has 0 saturated carbocycles. The molecule has 2 amide bonds. The number of carbonyl (C=O) groups is 1. The first-order valence-corrected chi connectivity index (χ1v) is 11.5. The molecule has 0 radical (unpaired) electrons. The van der Waals surface area contributed by atoms with Crippen molar-refractivity contribution in [2.24, 2.45) is 0 Å². The van der Waals surface area contributed by atoms with Gasteiger partial charge in [-0.05, 0) is 38.6 Å². The number of sulfone groups is 1. The maximum atomic E-state index is 12.6. The van der Waals surface area contributed by atoms with Crippen molar-refractivity contribution < 1.29 is 13.2 Å². The van der Waals surface area contributed by atoms with Crippen LogP contribution in [0.3, 0.4) is 0 Å². The van der Waals surface area contributed by atoms with Crippen LogP contribution in [0.25, 0.3) is 0 Å². The summed E-state index contributed by atoms with van der Waals surface area (Å²) in [5, 5.41) is 2.91. The molecule has 0 spiro atoms. The molecule has 0 atom stereocenters. The Balaban J connectivity index is 1.83. The highest BCUT2D eigenvalue weighted by molar-refractivity contribution is 7.91. The summed E-state index contributed by atoms with van der Waals surface area (Å²) < 4.78 is 25.0. The first-order chi connectivity index (χ1) is 13.8. The minimum Gasteiger partial charge on any atom is -0.337 e. The van der Waals surface area contributed by atoms with E-state index in [4.69, 9.17) is 0 Å². The van der Waals surface area contributed by atoms with E-state index < -0.39 is 9.84 Å². The van der Waals surface area contributed by atoms with Crippen LogP contribution in [0.5, 0.6) is 0 Å². The van der Waals surface area contributed by atoms with Crippen molar-refractivity contribution in [3.63, 3.8) is 0 Å². The van der Waals surface area contributed by atoms with Gasteiger partial charge in [-0.2, -0.15) is 0 Å². The van der Waals surface area contributed by atoms with E-state index >= 15 is 0 Å². The van der Waals surface area contributed by atoms with Crippen LogP contribution in [-0.2, 0) is 16.4 Å². The van der Waals surface area contributed by atoms with Gasteiger partial charge < -0.3 is 15.1 Å². The van der Waals surface area contributed by atoms with Crippen molar-refractivity contribution in [3.8, 4) is 0 Å². The van der Waals surface area contributed by atoms with Crippen molar-refractivity contribution in [1.82, 2.24) is 15.1 Å². The monoisotopic (exact) mass is 417 g/mol. The van der Waals surface area contributed by atoms with E-state index in [1.165, 1.54) is 5.56 Å².